The molecule has 3 aromatic rings. The summed E-state index contributed by atoms with van der Waals surface area (Å²) >= 11 is 0. The van der Waals surface area contributed by atoms with E-state index in [4.69, 9.17) is 0 Å². The fraction of sp³-hybridized carbons (Fsp3) is 0.176. The first-order valence-electron chi connectivity index (χ1n) is 7.07. The van der Waals surface area contributed by atoms with Crippen molar-refractivity contribution in [1.29, 1.82) is 0 Å². The number of nitrogens with zero attached hydrogens (tertiary/aromatic N) is 1. The van der Waals surface area contributed by atoms with Crippen molar-refractivity contribution >= 4 is 20.9 Å². The fourth-order valence-electron chi connectivity index (χ4n) is 2.49. The third kappa shape index (κ3) is 2.77. The van der Waals surface area contributed by atoms with Crippen LogP contribution in [0, 0.1) is 6.92 Å². The Labute approximate surface area is 130 Å². The molecular weight excluding hydrogens is 296 g/mol. The second-order valence-electron chi connectivity index (χ2n) is 5.39. The van der Waals surface area contributed by atoms with Crippen LogP contribution in [-0.2, 0) is 23.6 Å². The van der Waals surface area contributed by atoms with E-state index in [0.717, 1.165) is 22.2 Å². The molecule has 1 aromatic heterocycles. The van der Waals surface area contributed by atoms with Crippen LogP contribution in [0.1, 0.15) is 11.3 Å². The summed E-state index contributed by atoms with van der Waals surface area (Å²) in [5, 5.41) is 1.11. The van der Waals surface area contributed by atoms with Crippen molar-refractivity contribution in [1.82, 2.24) is 9.29 Å². The first kappa shape index (κ1) is 14.8. The lowest BCUT2D eigenvalue weighted by Crippen LogP contribution is -2.24. The Hall–Kier alpha value is -2.11. The van der Waals surface area contributed by atoms with Crippen LogP contribution < -0.4 is 4.72 Å². The number of hydrogen-bond donors (Lipinski definition) is 1. The van der Waals surface area contributed by atoms with Crippen LogP contribution in [0.25, 0.3) is 10.9 Å². The van der Waals surface area contributed by atoms with Crippen LogP contribution in [0.2, 0.25) is 0 Å². The highest BCUT2D eigenvalue weighted by Gasteiger charge is 2.14. The average Bonchev–Trinajstić information content (AvgIpc) is 2.83. The number of fused-ring (bicyclic) bond motifs is 1. The number of rotatable bonds is 4. The van der Waals surface area contributed by atoms with Crippen molar-refractivity contribution in [3.05, 3.63) is 65.9 Å². The Kier molecular flexibility index (Phi) is 3.76. The molecule has 0 amide bonds. The number of nitrogens with one attached hydrogen (secondary N) is 1. The smallest absolute Gasteiger partial charge is 0.240 e. The van der Waals surface area contributed by atoms with E-state index < -0.39 is 10.0 Å². The average molecular weight is 314 g/mol. The van der Waals surface area contributed by atoms with Gasteiger partial charge in [0.25, 0.3) is 0 Å². The number of aryl methyl sites for hydroxylation is 2. The molecule has 4 nitrogen and oxygen atoms in total. The molecule has 114 valence electrons. The highest BCUT2D eigenvalue weighted by molar-refractivity contribution is 7.89. The minimum absolute atomic E-state index is 0.265. The second kappa shape index (κ2) is 5.59. The highest BCUT2D eigenvalue weighted by atomic mass is 32.2. The Balaban J connectivity index is 1.84. The monoisotopic (exact) mass is 314 g/mol. The highest BCUT2D eigenvalue weighted by Crippen LogP contribution is 2.19. The molecule has 1 N–H and O–H groups in total. The number of aromatic nitrogens is 1. The van der Waals surface area contributed by atoms with E-state index in [0.29, 0.717) is 0 Å². The maximum Gasteiger partial charge on any atom is 0.240 e. The second-order valence-corrected chi connectivity index (χ2v) is 7.16. The molecular formula is C17H18N2O2S. The molecule has 0 radical (unpaired) electrons. The van der Waals surface area contributed by atoms with Gasteiger partial charge in [-0.2, -0.15) is 0 Å². The zero-order chi connectivity index (χ0) is 15.7. The largest absolute Gasteiger partial charge is 0.346 e. The minimum Gasteiger partial charge on any atom is -0.346 e. The zero-order valence-electron chi connectivity index (χ0n) is 12.6. The summed E-state index contributed by atoms with van der Waals surface area (Å²) in [6.07, 6.45) is 0. The standard InChI is InChI=1S/C17H18N2O2S/c1-13-7-9-16(10-8-13)22(20,21)18-12-15-11-14-5-3-4-6-17(14)19(15)2/h3-11,18H,12H2,1-2H3. The van der Waals surface area contributed by atoms with Crippen molar-refractivity contribution in [3.8, 4) is 0 Å². The van der Waals surface area contributed by atoms with Crippen LogP contribution in [0.3, 0.4) is 0 Å². The molecule has 0 aliphatic heterocycles. The number of para-hydroxylation sites is 1. The summed E-state index contributed by atoms with van der Waals surface area (Å²) in [7, 11) is -1.55. The quantitative estimate of drug-likeness (QED) is 0.805. The molecule has 5 heteroatoms. The van der Waals surface area contributed by atoms with E-state index in [1.54, 1.807) is 24.3 Å². The van der Waals surface area contributed by atoms with Crippen molar-refractivity contribution in [2.24, 2.45) is 7.05 Å². The fourth-order valence-corrected chi connectivity index (χ4v) is 3.48. The molecule has 0 bridgehead atoms. The number of hydrogen-bond acceptors (Lipinski definition) is 2. The van der Waals surface area contributed by atoms with Crippen molar-refractivity contribution in [3.63, 3.8) is 0 Å². The van der Waals surface area contributed by atoms with Gasteiger partial charge in [-0.1, -0.05) is 35.9 Å². The Morgan fingerprint density at radius 3 is 2.41 bits per heavy atom. The Morgan fingerprint density at radius 2 is 1.73 bits per heavy atom. The predicted molar refractivity (Wildman–Crippen MR) is 88.1 cm³/mol. The minimum atomic E-state index is -3.49. The normalized spacial score (nSPS) is 11.9. The number of benzene rings is 2. The van der Waals surface area contributed by atoms with Gasteiger partial charge >= 0.3 is 0 Å². The van der Waals surface area contributed by atoms with E-state index in [-0.39, 0.29) is 11.4 Å². The molecule has 0 unspecified atom stereocenters. The molecule has 0 aliphatic rings. The van der Waals surface area contributed by atoms with Crippen molar-refractivity contribution in [2.45, 2.75) is 18.4 Å². The van der Waals surface area contributed by atoms with E-state index in [9.17, 15) is 8.42 Å². The lowest BCUT2D eigenvalue weighted by molar-refractivity contribution is 0.579. The predicted octanol–water partition coefficient (Wildman–Crippen LogP) is 2.97. The van der Waals surface area contributed by atoms with E-state index in [1.165, 1.54) is 0 Å². The van der Waals surface area contributed by atoms with Gasteiger partial charge in [-0.05, 0) is 36.6 Å². The van der Waals surface area contributed by atoms with Gasteiger partial charge in [-0.3, -0.25) is 0 Å². The first-order valence-corrected chi connectivity index (χ1v) is 8.55. The maximum absolute atomic E-state index is 12.3. The van der Waals surface area contributed by atoms with Gasteiger partial charge in [0.05, 0.1) is 11.4 Å². The van der Waals surface area contributed by atoms with Crippen LogP contribution in [-0.4, -0.2) is 13.0 Å². The van der Waals surface area contributed by atoms with Gasteiger partial charge in [-0.15, -0.1) is 0 Å². The van der Waals surface area contributed by atoms with Gasteiger partial charge < -0.3 is 4.57 Å². The van der Waals surface area contributed by atoms with E-state index in [2.05, 4.69) is 4.72 Å². The molecule has 0 spiro atoms. The SMILES string of the molecule is Cc1ccc(S(=O)(=O)NCc2cc3ccccc3n2C)cc1. The Bertz CT molecular complexity index is 909. The van der Waals surface area contributed by atoms with Crippen LogP contribution in [0.15, 0.2) is 59.5 Å². The van der Waals surface area contributed by atoms with Crippen LogP contribution in [0.5, 0.6) is 0 Å². The summed E-state index contributed by atoms with van der Waals surface area (Å²) in [5.74, 6) is 0. The molecule has 0 atom stereocenters. The summed E-state index contributed by atoms with van der Waals surface area (Å²) < 4.78 is 29.3. The van der Waals surface area contributed by atoms with Gasteiger partial charge in [0, 0.05) is 18.3 Å². The van der Waals surface area contributed by atoms with Gasteiger partial charge in [0.15, 0.2) is 0 Å². The van der Waals surface area contributed by atoms with Crippen molar-refractivity contribution < 1.29 is 8.42 Å². The van der Waals surface area contributed by atoms with E-state index >= 15 is 0 Å². The molecule has 0 aliphatic carbocycles. The third-order valence-corrected chi connectivity index (χ3v) is 5.24. The van der Waals surface area contributed by atoms with Gasteiger partial charge in [0.2, 0.25) is 10.0 Å². The molecule has 2 aromatic carbocycles. The van der Waals surface area contributed by atoms with Crippen LogP contribution in [0.4, 0.5) is 0 Å². The zero-order valence-corrected chi connectivity index (χ0v) is 13.4. The van der Waals surface area contributed by atoms with Crippen molar-refractivity contribution in [2.75, 3.05) is 0 Å². The summed E-state index contributed by atoms with van der Waals surface area (Å²) in [6, 6.07) is 16.8. The molecule has 1 heterocycles. The van der Waals surface area contributed by atoms with Gasteiger partial charge in [0.1, 0.15) is 0 Å². The van der Waals surface area contributed by atoms with Gasteiger partial charge in [-0.25, -0.2) is 13.1 Å². The summed E-state index contributed by atoms with van der Waals surface area (Å²) in [5.41, 5.74) is 3.05. The lowest BCUT2D eigenvalue weighted by atomic mass is 10.2. The topological polar surface area (TPSA) is 51.1 Å². The first-order chi connectivity index (χ1) is 10.5. The molecule has 0 saturated heterocycles. The Morgan fingerprint density at radius 1 is 1.05 bits per heavy atom. The molecule has 22 heavy (non-hydrogen) atoms. The van der Waals surface area contributed by atoms with E-state index in [1.807, 2.05) is 48.9 Å². The number of sulfonamides is 1. The van der Waals surface area contributed by atoms with Crippen LogP contribution >= 0.6 is 0 Å². The molecule has 0 fully saturated rings. The third-order valence-electron chi connectivity index (χ3n) is 3.83. The molecule has 3 rings (SSSR count). The summed E-state index contributed by atoms with van der Waals surface area (Å²) in [4.78, 5) is 0.289. The summed E-state index contributed by atoms with van der Waals surface area (Å²) in [6.45, 7) is 2.20. The molecule has 0 saturated carbocycles. The maximum atomic E-state index is 12.3. The lowest BCUT2D eigenvalue weighted by Gasteiger charge is -2.08.